The van der Waals surface area contributed by atoms with Crippen molar-refractivity contribution in [1.82, 2.24) is 24.6 Å². The highest BCUT2D eigenvalue weighted by atomic mass is 16.5. The third-order valence-corrected chi connectivity index (χ3v) is 5.53. The lowest BCUT2D eigenvalue weighted by atomic mass is 10.1. The largest absolute Gasteiger partial charge is 0.491 e. The molecule has 3 heterocycles. The van der Waals surface area contributed by atoms with Gasteiger partial charge in [-0.25, -0.2) is 9.97 Å². The normalized spacial score (nSPS) is 14.5. The lowest BCUT2D eigenvalue weighted by molar-refractivity contribution is 0.0746. The van der Waals surface area contributed by atoms with Crippen LogP contribution >= 0.6 is 0 Å². The zero-order valence-corrected chi connectivity index (χ0v) is 18.9. The molecular formula is C23H30N6O2. The Morgan fingerprint density at radius 2 is 1.77 bits per heavy atom. The molecule has 2 aromatic heterocycles. The van der Waals surface area contributed by atoms with Gasteiger partial charge in [-0.2, -0.15) is 5.10 Å². The molecule has 1 aromatic carbocycles. The van der Waals surface area contributed by atoms with Crippen molar-refractivity contribution in [3.63, 3.8) is 0 Å². The van der Waals surface area contributed by atoms with Crippen molar-refractivity contribution in [2.75, 3.05) is 31.1 Å². The number of carbonyl (C=O) groups is 1. The molecule has 0 radical (unpaired) electrons. The highest BCUT2D eigenvalue weighted by Gasteiger charge is 2.26. The summed E-state index contributed by atoms with van der Waals surface area (Å²) in [7, 11) is 1.93. The first-order valence-electron chi connectivity index (χ1n) is 10.9. The van der Waals surface area contributed by atoms with Gasteiger partial charge in [0.1, 0.15) is 22.6 Å². The number of hydrogen-bond donors (Lipinski definition) is 0. The molecule has 0 aliphatic carbocycles. The molecule has 8 nitrogen and oxygen atoms in total. The Bertz CT molecular complexity index is 1080. The molecule has 1 fully saturated rings. The van der Waals surface area contributed by atoms with Crippen LogP contribution in [0.2, 0.25) is 0 Å². The molecule has 1 amide bonds. The van der Waals surface area contributed by atoms with Crippen LogP contribution in [0.1, 0.15) is 42.6 Å². The Balaban J connectivity index is 1.49. The molecular weight excluding hydrogens is 392 g/mol. The van der Waals surface area contributed by atoms with Gasteiger partial charge < -0.3 is 14.5 Å². The second-order valence-corrected chi connectivity index (χ2v) is 8.19. The summed E-state index contributed by atoms with van der Waals surface area (Å²) in [5.74, 6) is 2.56. The number of anilines is 1. The monoisotopic (exact) mass is 422 g/mol. The van der Waals surface area contributed by atoms with Gasteiger partial charge >= 0.3 is 0 Å². The number of piperazine rings is 1. The lowest BCUT2D eigenvalue weighted by Crippen LogP contribution is -2.49. The summed E-state index contributed by atoms with van der Waals surface area (Å²) >= 11 is 0. The van der Waals surface area contributed by atoms with Crippen LogP contribution in [0.5, 0.6) is 5.75 Å². The third-order valence-electron chi connectivity index (χ3n) is 5.53. The van der Waals surface area contributed by atoms with Gasteiger partial charge in [0.2, 0.25) is 0 Å². The van der Waals surface area contributed by atoms with E-state index in [4.69, 9.17) is 9.72 Å². The van der Waals surface area contributed by atoms with Crippen LogP contribution < -0.4 is 9.64 Å². The number of rotatable bonds is 5. The van der Waals surface area contributed by atoms with Gasteiger partial charge in [-0.3, -0.25) is 9.48 Å². The van der Waals surface area contributed by atoms with Crippen LogP contribution in [0.4, 0.5) is 5.82 Å². The van der Waals surface area contributed by atoms with Gasteiger partial charge in [-0.05, 0) is 45.0 Å². The number of ether oxygens (including phenoxy) is 1. The first-order valence-corrected chi connectivity index (χ1v) is 10.9. The van der Waals surface area contributed by atoms with E-state index in [1.807, 2.05) is 61.7 Å². The van der Waals surface area contributed by atoms with Crippen LogP contribution in [-0.2, 0) is 13.5 Å². The molecule has 1 aliphatic heterocycles. The topological polar surface area (TPSA) is 76.4 Å². The maximum Gasteiger partial charge on any atom is 0.253 e. The minimum atomic E-state index is 0.0502. The SMILES string of the molecule is CCc1nc(N2CCN(C(=O)c3ccc(OC(C)C)cc3)CC2)c2c(n1)c(C)nn2C. The fourth-order valence-electron chi connectivity index (χ4n) is 3.99. The highest BCUT2D eigenvalue weighted by Crippen LogP contribution is 2.27. The van der Waals surface area contributed by atoms with E-state index in [2.05, 4.69) is 21.9 Å². The van der Waals surface area contributed by atoms with Crippen molar-refractivity contribution in [1.29, 1.82) is 0 Å². The van der Waals surface area contributed by atoms with Crippen LogP contribution in [0.15, 0.2) is 24.3 Å². The molecule has 0 bridgehead atoms. The summed E-state index contributed by atoms with van der Waals surface area (Å²) in [6.07, 6.45) is 0.881. The molecule has 0 unspecified atom stereocenters. The molecule has 164 valence electrons. The summed E-state index contributed by atoms with van der Waals surface area (Å²) in [5, 5.41) is 4.54. The number of fused-ring (bicyclic) bond motifs is 1. The van der Waals surface area contributed by atoms with Crippen molar-refractivity contribution in [2.24, 2.45) is 7.05 Å². The van der Waals surface area contributed by atoms with Crippen molar-refractivity contribution >= 4 is 22.8 Å². The fourth-order valence-corrected chi connectivity index (χ4v) is 3.99. The Morgan fingerprint density at radius 3 is 2.39 bits per heavy atom. The zero-order chi connectivity index (χ0) is 22.1. The van der Waals surface area contributed by atoms with E-state index in [-0.39, 0.29) is 12.0 Å². The minimum Gasteiger partial charge on any atom is -0.491 e. The quantitative estimate of drug-likeness (QED) is 0.629. The van der Waals surface area contributed by atoms with Crippen LogP contribution in [0.3, 0.4) is 0 Å². The van der Waals surface area contributed by atoms with Gasteiger partial charge in [-0.1, -0.05) is 6.92 Å². The van der Waals surface area contributed by atoms with Crippen molar-refractivity contribution in [3.8, 4) is 5.75 Å². The number of aromatic nitrogens is 4. The third kappa shape index (κ3) is 4.19. The Hall–Kier alpha value is -3.16. The summed E-state index contributed by atoms with van der Waals surface area (Å²) < 4.78 is 7.53. The number of benzene rings is 1. The van der Waals surface area contributed by atoms with Crippen LogP contribution in [0.25, 0.3) is 11.0 Å². The van der Waals surface area contributed by atoms with E-state index in [1.165, 1.54) is 0 Å². The maximum atomic E-state index is 13.0. The second-order valence-electron chi connectivity index (χ2n) is 8.19. The smallest absolute Gasteiger partial charge is 0.253 e. The number of hydrogen-bond acceptors (Lipinski definition) is 6. The van der Waals surface area contributed by atoms with Gasteiger partial charge in [0, 0.05) is 45.2 Å². The maximum absolute atomic E-state index is 13.0. The second kappa shape index (κ2) is 8.53. The van der Waals surface area contributed by atoms with Crippen molar-refractivity contribution in [3.05, 3.63) is 41.3 Å². The van der Waals surface area contributed by atoms with Crippen molar-refractivity contribution in [2.45, 2.75) is 40.2 Å². The minimum absolute atomic E-state index is 0.0502. The summed E-state index contributed by atoms with van der Waals surface area (Å²) in [6, 6.07) is 7.40. The molecule has 0 N–H and O–H groups in total. The molecule has 0 atom stereocenters. The average molecular weight is 423 g/mol. The number of carbonyl (C=O) groups excluding carboxylic acids is 1. The fraction of sp³-hybridized carbons (Fsp3) is 0.478. The molecule has 0 spiro atoms. The lowest BCUT2D eigenvalue weighted by Gasteiger charge is -2.35. The van der Waals surface area contributed by atoms with E-state index in [0.717, 1.165) is 53.6 Å². The van der Waals surface area contributed by atoms with Crippen molar-refractivity contribution < 1.29 is 9.53 Å². The first kappa shape index (κ1) is 21.1. The number of amides is 1. The number of nitrogens with zero attached hydrogens (tertiary/aromatic N) is 6. The summed E-state index contributed by atoms with van der Waals surface area (Å²) in [6.45, 7) is 10.7. The predicted molar refractivity (Wildman–Crippen MR) is 121 cm³/mol. The molecule has 4 rings (SSSR count). The molecule has 3 aromatic rings. The molecule has 1 saturated heterocycles. The molecule has 1 aliphatic rings. The Morgan fingerprint density at radius 1 is 1.10 bits per heavy atom. The molecule has 8 heteroatoms. The van der Waals surface area contributed by atoms with Crippen LogP contribution in [0, 0.1) is 6.92 Å². The van der Waals surface area contributed by atoms with Gasteiger partial charge in [-0.15, -0.1) is 0 Å². The van der Waals surface area contributed by atoms with Crippen LogP contribution in [-0.4, -0.2) is 62.8 Å². The average Bonchev–Trinajstić information content (AvgIpc) is 3.06. The standard InChI is InChI=1S/C23H30N6O2/c1-6-19-24-20-16(4)26-27(5)21(20)22(25-19)28-11-13-29(14-12-28)23(30)17-7-9-18(10-8-17)31-15(2)3/h7-10,15H,6,11-14H2,1-5H3. The molecule has 31 heavy (non-hydrogen) atoms. The highest BCUT2D eigenvalue weighted by molar-refractivity contribution is 5.94. The van der Waals surface area contributed by atoms with E-state index in [9.17, 15) is 4.79 Å². The first-order chi connectivity index (χ1) is 14.9. The van der Waals surface area contributed by atoms with E-state index >= 15 is 0 Å². The summed E-state index contributed by atoms with van der Waals surface area (Å²) in [5.41, 5.74) is 3.46. The van der Waals surface area contributed by atoms with Gasteiger partial charge in [0.05, 0.1) is 11.8 Å². The molecule has 0 saturated carbocycles. The van der Waals surface area contributed by atoms with Gasteiger partial charge in [0.25, 0.3) is 5.91 Å². The van der Waals surface area contributed by atoms with Gasteiger partial charge in [0.15, 0.2) is 5.82 Å². The Kier molecular flexibility index (Phi) is 5.80. The number of aryl methyl sites for hydroxylation is 3. The van der Waals surface area contributed by atoms with E-state index in [1.54, 1.807) is 0 Å². The van der Waals surface area contributed by atoms with E-state index < -0.39 is 0 Å². The van der Waals surface area contributed by atoms with E-state index in [0.29, 0.717) is 18.7 Å². The zero-order valence-electron chi connectivity index (χ0n) is 18.9. The Labute approximate surface area is 182 Å². The summed E-state index contributed by atoms with van der Waals surface area (Å²) in [4.78, 5) is 26.6. The predicted octanol–water partition coefficient (Wildman–Crippen LogP) is 2.98.